The molecule has 1 aromatic rings. The lowest BCUT2D eigenvalue weighted by Crippen LogP contribution is -2.14. The maximum atomic E-state index is 12.0. The number of halogens is 2. The molecule has 4 nitrogen and oxygen atoms in total. The first-order valence-electron chi connectivity index (χ1n) is 5.22. The second-order valence-electron chi connectivity index (χ2n) is 3.39. The van der Waals surface area contributed by atoms with Crippen molar-refractivity contribution >= 4 is 11.6 Å². The fourth-order valence-corrected chi connectivity index (χ4v) is 1.22. The first-order chi connectivity index (χ1) is 7.65. The summed E-state index contributed by atoms with van der Waals surface area (Å²) < 4.78 is 24.1. The van der Waals surface area contributed by atoms with Gasteiger partial charge in [-0.15, -0.1) is 0 Å². The Morgan fingerprint density at radius 1 is 1.25 bits per heavy atom. The summed E-state index contributed by atoms with van der Waals surface area (Å²) in [7, 11) is 0. The normalized spacial score (nSPS) is 10.6. The van der Waals surface area contributed by atoms with Crippen LogP contribution in [0.1, 0.15) is 18.9 Å². The smallest absolute Gasteiger partial charge is 0.255 e. The highest BCUT2D eigenvalue weighted by atomic mass is 19.3. The van der Waals surface area contributed by atoms with Crippen molar-refractivity contribution in [2.24, 2.45) is 0 Å². The van der Waals surface area contributed by atoms with E-state index in [1.54, 1.807) is 6.92 Å². The molecule has 0 saturated carbocycles. The van der Waals surface area contributed by atoms with Crippen molar-refractivity contribution in [2.45, 2.75) is 26.7 Å². The van der Waals surface area contributed by atoms with Crippen molar-refractivity contribution in [3.05, 3.63) is 11.9 Å². The molecule has 0 spiro atoms. The van der Waals surface area contributed by atoms with Crippen LogP contribution in [0.4, 0.5) is 20.4 Å². The fourth-order valence-electron chi connectivity index (χ4n) is 1.22. The van der Waals surface area contributed by atoms with Crippen LogP contribution < -0.4 is 10.6 Å². The third kappa shape index (κ3) is 3.60. The van der Waals surface area contributed by atoms with E-state index in [1.807, 2.05) is 6.92 Å². The molecule has 0 saturated heterocycles. The zero-order valence-corrected chi connectivity index (χ0v) is 9.43. The standard InChI is InChI=1S/C10H16F2N4/c1-3-4-13-9-7(2)10(16-6-15-9)14-5-8(11)12/h6,8H,3-5H2,1-2H3,(H2,13,14,15,16). The Bertz CT molecular complexity index is 331. The summed E-state index contributed by atoms with van der Waals surface area (Å²) in [5, 5.41) is 5.70. The summed E-state index contributed by atoms with van der Waals surface area (Å²) in [6.45, 7) is 4.24. The summed E-state index contributed by atoms with van der Waals surface area (Å²) in [6.07, 6.45) is -0.0522. The summed E-state index contributed by atoms with van der Waals surface area (Å²) in [6, 6.07) is 0. The minimum absolute atomic E-state index is 0.398. The highest BCUT2D eigenvalue weighted by Crippen LogP contribution is 2.18. The quantitative estimate of drug-likeness (QED) is 0.787. The first-order valence-corrected chi connectivity index (χ1v) is 5.22. The zero-order chi connectivity index (χ0) is 12.0. The van der Waals surface area contributed by atoms with Crippen LogP contribution in [0.15, 0.2) is 6.33 Å². The lowest BCUT2D eigenvalue weighted by atomic mass is 10.3. The van der Waals surface area contributed by atoms with Crippen molar-refractivity contribution in [3.8, 4) is 0 Å². The molecule has 90 valence electrons. The maximum absolute atomic E-state index is 12.0. The van der Waals surface area contributed by atoms with Gasteiger partial charge in [0.1, 0.15) is 18.0 Å². The predicted octanol–water partition coefficient (Wildman–Crippen LogP) is 2.28. The van der Waals surface area contributed by atoms with Gasteiger partial charge in [-0.1, -0.05) is 6.92 Å². The molecular weight excluding hydrogens is 214 g/mol. The van der Waals surface area contributed by atoms with E-state index >= 15 is 0 Å². The summed E-state index contributed by atoms with van der Waals surface area (Å²) in [5.41, 5.74) is 0.761. The van der Waals surface area contributed by atoms with Crippen LogP contribution in [-0.4, -0.2) is 29.5 Å². The minimum atomic E-state index is -2.39. The number of nitrogens with zero attached hydrogens (tertiary/aromatic N) is 2. The van der Waals surface area contributed by atoms with Crippen LogP contribution in [0, 0.1) is 6.92 Å². The zero-order valence-electron chi connectivity index (χ0n) is 9.43. The summed E-state index contributed by atoms with van der Waals surface area (Å²) >= 11 is 0. The van der Waals surface area contributed by atoms with Crippen LogP contribution in [0.5, 0.6) is 0 Å². The second kappa shape index (κ2) is 6.19. The van der Waals surface area contributed by atoms with E-state index in [2.05, 4.69) is 20.6 Å². The van der Waals surface area contributed by atoms with Crippen molar-refractivity contribution in [1.82, 2.24) is 9.97 Å². The van der Waals surface area contributed by atoms with Gasteiger partial charge in [0.25, 0.3) is 6.43 Å². The van der Waals surface area contributed by atoms with Crippen LogP contribution in [-0.2, 0) is 0 Å². The molecule has 16 heavy (non-hydrogen) atoms. The molecule has 0 radical (unpaired) electrons. The van der Waals surface area contributed by atoms with Crippen LogP contribution in [0.3, 0.4) is 0 Å². The number of hydrogen-bond donors (Lipinski definition) is 2. The van der Waals surface area contributed by atoms with E-state index in [1.165, 1.54) is 6.33 Å². The first kappa shape index (κ1) is 12.6. The lowest BCUT2D eigenvalue weighted by molar-refractivity contribution is 0.163. The Labute approximate surface area is 93.5 Å². The Balaban J connectivity index is 2.70. The van der Waals surface area contributed by atoms with Gasteiger partial charge in [-0.25, -0.2) is 18.7 Å². The van der Waals surface area contributed by atoms with Gasteiger partial charge >= 0.3 is 0 Å². The molecule has 1 rings (SSSR count). The van der Waals surface area contributed by atoms with Gasteiger partial charge in [0.05, 0.1) is 6.54 Å². The Hall–Kier alpha value is -1.46. The van der Waals surface area contributed by atoms with Gasteiger partial charge < -0.3 is 10.6 Å². The average molecular weight is 230 g/mol. The molecule has 0 aliphatic carbocycles. The van der Waals surface area contributed by atoms with Gasteiger partial charge in [-0.05, 0) is 13.3 Å². The minimum Gasteiger partial charge on any atom is -0.370 e. The van der Waals surface area contributed by atoms with E-state index in [-0.39, 0.29) is 0 Å². The predicted molar refractivity (Wildman–Crippen MR) is 60.0 cm³/mol. The highest BCUT2D eigenvalue weighted by Gasteiger charge is 2.08. The number of nitrogens with one attached hydrogen (secondary N) is 2. The molecule has 0 bridgehead atoms. The summed E-state index contributed by atoms with van der Waals surface area (Å²) in [5.74, 6) is 1.14. The number of alkyl halides is 2. The molecule has 0 aliphatic heterocycles. The molecule has 0 amide bonds. The molecule has 0 aliphatic rings. The molecule has 0 fully saturated rings. The average Bonchev–Trinajstić information content (AvgIpc) is 2.26. The van der Waals surface area contributed by atoms with Crippen molar-refractivity contribution in [1.29, 1.82) is 0 Å². The third-order valence-electron chi connectivity index (χ3n) is 2.05. The van der Waals surface area contributed by atoms with Gasteiger partial charge in [-0.2, -0.15) is 0 Å². The van der Waals surface area contributed by atoms with E-state index < -0.39 is 13.0 Å². The molecule has 0 unspecified atom stereocenters. The number of rotatable bonds is 6. The van der Waals surface area contributed by atoms with Crippen molar-refractivity contribution < 1.29 is 8.78 Å². The number of hydrogen-bond acceptors (Lipinski definition) is 4. The third-order valence-corrected chi connectivity index (χ3v) is 2.05. The van der Waals surface area contributed by atoms with Crippen LogP contribution in [0.2, 0.25) is 0 Å². The second-order valence-corrected chi connectivity index (χ2v) is 3.39. The van der Waals surface area contributed by atoms with Gasteiger partial charge in [0, 0.05) is 12.1 Å². The van der Waals surface area contributed by atoms with E-state index in [9.17, 15) is 8.78 Å². The molecular formula is C10H16F2N4. The van der Waals surface area contributed by atoms with E-state index in [4.69, 9.17) is 0 Å². The molecule has 0 aromatic carbocycles. The molecule has 0 atom stereocenters. The summed E-state index contributed by atoms with van der Waals surface area (Å²) in [4.78, 5) is 7.98. The SMILES string of the molecule is CCCNc1ncnc(NCC(F)F)c1C. The highest BCUT2D eigenvalue weighted by molar-refractivity contribution is 5.56. The maximum Gasteiger partial charge on any atom is 0.255 e. The van der Waals surface area contributed by atoms with Crippen LogP contribution in [0.25, 0.3) is 0 Å². The van der Waals surface area contributed by atoms with Gasteiger partial charge in [0.2, 0.25) is 0 Å². The van der Waals surface area contributed by atoms with Gasteiger partial charge in [-0.3, -0.25) is 0 Å². The number of aromatic nitrogens is 2. The largest absolute Gasteiger partial charge is 0.370 e. The monoisotopic (exact) mass is 230 g/mol. The molecule has 6 heteroatoms. The Morgan fingerprint density at radius 3 is 2.44 bits per heavy atom. The Kier molecular flexibility index (Phi) is 4.88. The van der Waals surface area contributed by atoms with Crippen molar-refractivity contribution in [3.63, 3.8) is 0 Å². The van der Waals surface area contributed by atoms with Crippen molar-refractivity contribution in [2.75, 3.05) is 23.7 Å². The number of anilines is 2. The Morgan fingerprint density at radius 2 is 1.88 bits per heavy atom. The topological polar surface area (TPSA) is 49.8 Å². The van der Waals surface area contributed by atoms with Crippen LogP contribution >= 0.6 is 0 Å². The molecule has 1 heterocycles. The fraction of sp³-hybridized carbons (Fsp3) is 0.600. The van der Waals surface area contributed by atoms with E-state index in [0.29, 0.717) is 11.6 Å². The van der Waals surface area contributed by atoms with Gasteiger partial charge in [0.15, 0.2) is 0 Å². The van der Waals surface area contributed by atoms with E-state index in [0.717, 1.165) is 18.5 Å². The molecule has 1 aromatic heterocycles. The molecule has 2 N–H and O–H groups in total. The lowest BCUT2D eigenvalue weighted by Gasteiger charge is -2.11.